The minimum absolute atomic E-state index is 0.239. The van der Waals surface area contributed by atoms with Crippen LogP contribution in [0.3, 0.4) is 0 Å². The number of phenols is 1. The molecule has 0 saturated carbocycles. The first-order valence-electron chi connectivity index (χ1n) is 11.9. The minimum atomic E-state index is -0.312. The number of phenolic OH excluding ortho intramolecular Hbond substituents is 1. The normalized spacial score (nSPS) is 12.1. The van der Waals surface area contributed by atoms with Gasteiger partial charge in [0.2, 0.25) is 5.95 Å². The van der Waals surface area contributed by atoms with Crippen LogP contribution in [0.4, 0.5) is 5.95 Å². The van der Waals surface area contributed by atoms with Crippen LogP contribution in [-0.4, -0.2) is 31.7 Å². The third-order valence-electron chi connectivity index (χ3n) is 5.49. The molecule has 0 aliphatic rings. The molecule has 2 N–H and O–H groups in total. The number of amides is 1. The summed E-state index contributed by atoms with van der Waals surface area (Å²) < 4.78 is 0. The van der Waals surface area contributed by atoms with Crippen LogP contribution in [0.2, 0.25) is 0 Å². The van der Waals surface area contributed by atoms with Gasteiger partial charge in [0.1, 0.15) is 12.1 Å². The third kappa shape index (κ3) is 8.29. The predicted molar refractivity (Wildman–Crippen MR) is 137 cm³/mol. The van der Waals surface area contributed by atoms with E-state index in [4.69, 9.17) is 0 Å². The summed E-state index contributed by atoms with van der Waals surface area (Å²) in [5.41, 5.74) is 1.34. The van der Waals surface area contributed by atoms with Gasteiger partial charge < -0.3 is 5.11 Å². The highest BCUT2D eigenvalue weighted by Crippen LogP contribution is 2.39. The Morgan fingerprint density at radius 1 is 0.939 bits per heavy atom. The van der Waals surface area contributed by atoms with Gasteiger partial charge in [-0.25, -0.2) is 9.97 Å². The molecule has 33 heavy (non-hydrogen) atoms. The molecule has 0 aliphatic carbocycles. The molecular weight excluding hydrogens is 432 g/mol. The molecule has 7 heteroatoms. The van der Waals surface area contributed by atoms with Crippen molar-refractivity contribution in [2.45, 2.75) is 103 Å². The molecule has 0 spiro atoms. The Morgan fingerprint density at radius 3 is 2.09 bits per heavy atom. The number of nitrogens with zero attached hydrogens (tertiary/aromatic N) is 3. The van der Waals surface area contributed by atoms with E-state index in [-0.39, 0.29) is 28.4 Å². The number of carbonyl (C=O) groups excluding carboxylic acids is 1. The molecule has 6 nitrogen and oxygen atoms in total. The number of rotatable bonds is 10. The van der Waals surface area contributed by atoms with E-state index in [1.54, 1.807) is 23.9 Å². The lowest BCUT2D eigenvalue weighted by molar-refractivity contribution is 0.102. The Morgan fingerprint density at radius 2 is 1.52 bits per heavy atom. The number of aromatic nitrogens is 3. The molecule has 0 bridgehead atoms. The summed E-state index contributed by atoms with van der Waals surface area (Å²) >= 11 is 1.59. The Hall–Kier alpha value is -2.15. The van der Waals surface area contributed by atoms with Gasteiger partial charge in [-0.15, -0.1) is 0 Å². The lowest BCUT2D eigenvalue weighted by atomic mass is 9.78. The van der Waals surface area contributed by atoms with E-state index in [0.29, 0.717) is 10.7 Å². The minimum Gasteiger partial charge on any atom is -0.507 e. The van der Waals surface area contributed by atoms with Crippen LogP contribution >= 0.6 is 11.8 Å². The fourth-order valence-electron chi connectivity index (χ4n) is 3.54. The number of anilines is 1. The highest BCUT2D eigenvalue weighted by atomic mass is 32.2. The zero-order valence-corrected chi connectivity index (χ0v) is 22.1. The Bertz CT molecular complexity index is 898. The quantitative estimate of drug-likeness (QED) is 0.289. The van der Waals surface area contributed by atoms with Crippen LogP contribution in [0.25, 0.3) is 0 Å². The molecule has 0 atom stereocenters. The van der Waals surface area contributed by atoms with Crippen LogP contribution in [-0.2, 0) is 10.8 Å². The summed E-state index contributed by atoms with van der Waals surface area (Å²) in [5.74, 6) is 1.14. The van der Waals surface area contributed by atoms with Crippen molar-refractivity contribution in [3.63, 3.8) is 0 Å². The van der Waals surface area contributed by atoms with Gasteiger partial charge in [-0.1, -0.05) is 92.3 Å². The summed E-state index contributed by atoms with van der Waals surface area (Å²) in [7, 11) is 0. The van der Waals surface area contributed by atoms with Gasteiger partial charge in [-0.05, 0) is 29.4 Å². The highest BCUT2D eigenvalue weighted by molar-refractivity contribution is 7.99. The van der Waals surface area contributed by atoms with Crippen LogP contribution in [0, 0.1) is 0 Å². The van der Waals surface area contributed by atoms with Crippen molar-refractivity contribution in [3.8, 4) is 5.75 Å². The van der Waals surface area contributed by atoms with Crippen LogP contribution in [0.1, 0.15) is 108 Å². The number of benzene rings is 1. The van der Waals surface area contributed by atoms with E-state index in [0.717, 1.165) is 23.3 Å². The molecule has 0 fully saturated rings. The number of hydrogen-bond donors (Lipinski definition) is 2. The molecule has 1 aromatic carbocycles. The maximum atomic E-state index is 13.1. The average Bonchev–Trinajstić information content (AvgIpc) is 2.71. The van der Waals surface area contributed by atoms with Crippen molar-refractivity contribution >= 4 is 23.6 Å². The maximum Gasteiger partial charge on any atom is 0.258 e. The molecular formula is C26H40N4O2S. The Labute approximate surface area is 203 Å². The fourth-order valence-corrected chi connectivity index (χ4v) is 4.34. The fraction of sp³-hybridized carbons (Fsp3) is 0.615. The standard InChI is InChI=1S/C26H40N4O2S/c1-8-9-10-11-12-13-14-33-24-28-17-27-23(30-24)29-22(32)18-15-19(25(2,3)4)21(31)20(16-18)26(5,6)7/h15-17,31H,8-14H2,1-7H3,(H,27,28,29,30,32). The van der Waals surface area contributed by atoms with Gasteiger partial charge in [-0.3, -0.25) is 10.1 Å². The first kappa shape index (κ1) is 27.1. The van der Waals surface area contributed by atoms with Gasteiger partial charge in [-0.2, -0.15) is 4.98 Å². The summed E-state index contributed by atoms with van der Waals surface area (Å²) in [6.07, 6.45) is 8.91. The number of unbranched alkanes of at least 4 members (excludes halogenated alkanes) is 5. The molecule has 1 heterocycles. The number of hydrogen-bond acceptors (Lipinski definition) is 6. The van der Waals surface area contributed by atoms with Gasteiger partial charge in [0.25, 0.3) is 5.91 Å². The molecule has 2 rings (SSSR count). The third-order valence-corrected chi connectivity index (χ3v) is 6.44. The van der Waals surface area contributed by atoms with Crippen LogP contribution in [0.15, 0.2) is 23.6 Å². The molecule has 1 aromatic heterocycles. The van der Waals surface area contributed by atoms with Crippen molar-refractivity contribution in [1.29, 1.82) is 0 Å². The largest absolute Gasteiger partial charge is 0.507 e. The van der Waals surface area contributed by atoms with Crippen molar-refractivity contribution < 1.29 is 9.90 Å². The zero-order valence-electron chi connectivity index (χ0n) is 21.3. The lowest BCUT2D eigenvalue weighted by Crippen LogP contribution is -2.21. The van der Waals surface area contributed by atoms with Gasteiger partial charge in [0.15, 0.2) is 5.16 Å². The second-order valence-corrected chi connectivity index (χ2v) is 11.6. The highest BCUT2D eigenvalue weighted by Gasteiger charge is 2.28. The van der Waals surface area contributed by atoms with Gasteiger partial charge in [0, 0.05) is 22.4 Å². The first-order chi connectivity index (χ1) is 15.4. The first-order valence-corrected chi connectivity index (χ1v) is 12.9. The van der Waals surface area contributed by atoms with E-state index in [1.807, 2.05) is 41.5 Å². The molecule has 182 valence electrons. The summed E-state index contributed by atoms with van der Waals surface area (Å²) in [4.78, 5) is 25.8. The lowest BCUT2D eigenvalue weighted by Gasteiger charge is -2.28. The number of aromatic hydroxyl groups is 1. The second kappa shape index (κ2) is 11.8. The molecule has 2 aromatic rings. The number of carbonyl (C=O) groups is 1. The van der Waals surface area contributed by atoms with E-state index < -0.39 is 0 Å². The van der Waals surface area contributed by atoms with Crippen molar-refractivity contribution in [2.24, 2.45) is 0 Å². The number of thioether (sulfide) groups is 1. The molecule has 0 radical (unpaired) electrons. The van der Waals surface area contributed by atoms with Crippen LogP contribution < -0.4 is 5.32 Å². The predicted octanol–water partition coefficient (Wildman–Crippen LogP) is 6.88. The van der Waals surface area contributed by atoms with Gasteiger partial charge >= 0.3 is 0 Å². The topological polar surface area (TPSA) is 88.0 Å². The monoisotopic (exact) mass is 472 g/mol. The second-order valence-electron chi connectivity index (χ2n) is 10.6. The molecule has 0 unspecified atom stereocenters. The SMILES string of the molecule is CCCCCCCCSc1ncnc(NC(=O)c2cc(C(C)(C)C)c(O)c(C(C)(C)C)c2)n1. The average molecular weight is 473 g/mol. The Kier molecular flexibility index (Phi) is 9.70. The zero-order chi connectivity index (χ0) is 24.6. The molecule has 0 aliphatic heterocycles. The van der Waals surface area contributed by atoms with Crippen LogP contribution in [0.5, 0.6) is 5.75 Å². The summed E-state index contributed by atoms with van der Waals surface area (Å²) in [6, 6.07) is 3.52. The van der Waals surface area contributed by atoms with Gasteiger partial charge in [0.05, 0.1) is 0 Å². The number of nitrogens with one attached hydrogen (secondary N) is 1. The maximum absolute atomic E-state index is 13.1. The molecule has 0 saturated heterocycles. The van der Waals surface area contributed by atoms with Crippen molar-refractivity contribution in [1.82, 2.24) is 15.0 Å². The smallest absolute Gasteiger partial charge is 0.258 e. The van der Waals surface area contributed by atoms with E-state index >= 15 is 0 Å². The van der Waals surface area contributed by atoms with E-state index in [2.05, 4.69) is 27.2 Å². The summed E-state index contributed by atoms with van der Waals surface area (Å²) in [5, 5.41) is 14.3. The van der Waals surface area contributed by atoms with E-state index in [9.17, 15) is 9.90 Å². The summed E-state index contributed by atoms with van der Waals surface area (Å²) in [6.45, 7) is 14.4. The van der Waals surface area contributed by atoms with E-state index in [1.165, 1.54) is 38.4 Å². The molecule has 1 amide bonds. The Balaban J connectivity index is 2.11. The van der Waals surface area contributed by atoms with Crippen molar-refractivity contribution in [3.05, 3.63) is 35.2 Å². The van der Waals surface area contributed by atoms with Crippen molar-refractivity contribution in [2.75, 3.05) is 11.1 Å².